The van der Waals surface area contributed by atoms with Crippen LogP contribution in [0.4, 0.5) is 0 Å². The monoisotopic (exact) mass is 440 g/mol. The molecular formula is C28H28N2O3. The van der Waals surface area contributed by atoms with Gasteiger partial charge in [-0.3, -0.25) is 4.79 Å². The molecule has 5 heteroatoms. The van der Waals surface area contributed by atoms with Gasteiger partial charge in [-0.25, -0.2) is 4.79 Å². The van der Waals surface area contributed by atoms with E-state index in [0.29, 0.717) is 33.7 Å². The number of fused-ring (bicyclic) bond motifs is 3. The molecule has 2 aromatic carbocycles. The van der Waals surface area contributed by atoms with Gasteiger partial charge in [0.15, 0.2) is 5.78 Å². The number of hydrogen-bond acceptors (Lipinski definition) is 5. The molecule has 0 bridgehead atoms. The highest BCUT2D eigenvalue weighted by atomic mass is 16.5. The number of dihydropyridines is 1. The summed E-state index contributed by atoms with van der Waals surface area (Å²) in [5.74, 6) is -1.06. The molecule has 0 amide bonds. The molecule has 4 rings (SSSR count). The van der Waals surface area contributed by atoms with E-state index in [4.69, 9.17) is 4.74 Å². The quantitative estimate of drug-likeness (QED) is 0.492. The van der Waals surface area contributed by atoms with Crippen LogP contribution in [0.25, 0.3) is 11.1 Å². The first-order valence-corrected chi connectivity index (χ1v) is 11.5. The number of carbonyl (C=O) groups excluding carboxylic acids is 2. The molecule has 1 aliphatic heterocycles. The molecule has 33 heavy (non-hydrogen) atoms. The van der Waals surface area contributed by atoms with Crippen LogP contribution in [0.1, 0.15) is 74.4 Å². The smallest absolute Gasteiger partial charge is 0.337 e. The van der Waals surface area contributed by atoms with Crippen molar-refractivity contribution in [2.45, 2.75) is 59.0 Å². The van der Waals surface area contributed by atoms with Gasteiger partial charge in [-0.2, -0.15) is 5.26 Å². The van der Waals surface area contributed by atoms with Crippen molar-refractivity contribution in [3.8, 4) is 17.2 Å². The lowest BCUT2D eigenvalue weighted by Gasteiger charge is -2.30. The number of carbonyl (C=O) groups is 2. The third-order valence-corrected chi connectivity index (χ3v) is 6.53. The average Bonchev–Trinajstić information content (AvgIpc) is 3.10. The fraction of sp³-hybridized carbons (Fsp3) is 0.321. The summed E-state index contributed by atoms with van der Waals surface area (Å²) in [4.78, 5) is 26.6. The zero-order chi connectivity index (χ0) is 23.7. The summed E-state index contributed by atoms with van der Waals surface area (Å²) >= 11 is 0. The van der Waals surface area contributed by atoms with E-state index < -0.39 is 11.9 Å². The van der Waals surface area contributed by atoms with Gasteiger partial charge in [0.05, 0.1) is 23.1 Å². The summed E-state index contributed by atoms with van der Waals surface area (Å²) in [6.07, 6.45) is 2.26. The maximum absolute atomic E-state index is 13.5. The third-order valence-electron chi connectivity index (χ3n) is 6.53. The lowest BCUT2D eigenvalue weighted by atomic mass is 9.78. The lowest BCUT2D eigenvalue weighted by Crippen LogP contribution is -2.30. The Labute approximate surface area is 194 Å². The molecule has 168 valence electrons. The SMILES string of the molecule is CCCC(CC)OC(=O)C1=C(C)NC(C)=C(C#N)C1c1cccc2c1-c1ccccc1C2=O. The second kappa shape index (κ2) is 9.07. The first-order valence-electron chi connectivity index (χ1n) is 11.5. The van der Waals surface area contributed by atoms with Crippen molar-refractivity contribution in [3.63, 3.8) is 0 Å². The van der Waals surface area contributed by atoms with Crippen LogP contribution in [0.5, 0.6) is 0 Å². The number of allylic oxidation sites excluding steroid dienone is 3. The van der Waals surface area contributed by atoms with E-state index in [1.165, 1.54) is 0 Å². The molecule has 1 aliphatic carbocycles. The fourth-order valence-corrected chi connectivity index (χ4v) is 4.95. The minimum Gasteiger partial charge on any atom is -0.459 e. The number of nitrogens with zero attached hydrogens (tertiary/aromatic N) is 1. The van der Waals surface area contributed by atoms with Gasteiger partial charge >= 0.3 is 5.97 Å². The van der Waals surface area contributed by atoms with Crippen LogP contribution in [0.15, 0.2) is 65.0 Å². The van der Waals surface area contributed by atoms with Crippen LogP contribution in [-0.2, 0) is 9.53 Å². The minimum absolute atomic E-state index is 0.0329. The number of ketones is 1. The van der Waals surface area contributed by atoms with Crippen molar-refractivity contribution in [2.24, 2.45) is 0 Å². The number of nitriles is 1. The summed E-state index contributed by atoms with van der Waals surface area (Å²) in [7, 11) is 0. The number of hydrogen-bond donors (Lipinski definition) is 1. The largest absolute Gasteiger partial charge is 0.459 e. The molecule has 2 aliphatic rings. The molecule has 2 aromatic rings. The number of ether oxygens (including phenoxy) is 1. The molecule has 5 nitrogen and oxygen atoms in total. The van der Waals surface area contributed by atoms with Crippen molar-refractivity contribution in [1.29, 1.82) is 5.26 Å². The topological polar surface area (TPSA) is 79.2 Å². The first kappa shape index (κ1) is 22.5. The Morgan fingerprint density at radius 3 is 2.42 bits per heavy atom. The molecule has 0 spiro atoms. The van der Waals surface area contributed by atoms with Gasteiger partial charge in [-0.1, -0.05) is 62.7 Å². The number of esters is 1. The fourth-order valence-electron chi connectivity index (χ4n) is 4.95. The van der Waals surface area contributed by atoms with Crippen LogP contribution < -0.4 is 5.32 Å². The molecule has 0 radical (unpaired) electrons. The van der Waals surface area contributed by atoms with E-state index >= 15 is 0 Å². The molecule has 1 heterocycles. The Morgan fingerprint density at radius 2 is 1.76 bits per heavy atom. The van der Waals surface area contributed by atoms with Gasteiger partial charge in [-0.15, -0.1) is 0 Å². The Bertz CT molecular complexity index is 1250. The van der Waals surface area contributed by atoms with E-state index in [0.717, 1.165) is 36.0 Å². The predicted octanol–water partition coefficient (Wildman–Crippen LogP) is 5.78. The minimum atomic E-state index is -0.614. The van der Waals surface area contributed by atoms with Gasteiger partial charge in [0.25, 0.3) is 0 Å². The summed E-state index contributed by atoms with van der Waals surface area (Å²) in [6, 6.07) is 15.4. The standard InChI is InChI=1S/C28H28N2O3/c1-5-10-18(6-2)33-28(32)24-17(4)30-16(3)23(15-29)26(24)21-13-9-14-22-25(21)19-11-7-8-12-20(19)27(22)31/h7-9,11-14,18,26,30H,5-6,10H2,1-4H3. The Hall–Kier alpha value is -3.65. The van der Waals surface area contributed by atoms with E-state index in [2.05, 4.69) is 18.3 Å². The van der Waals surface area contributed by atoms with Crippen molar-refractivity contribution >= 4 is 11.8 Å². The van der Waals surface area contributed by atoms with Crippen LogP contribution in [-0.4, -0.2) is 17.9 Å². The van der Waals surface area contributed by atoms with Crippen LogP contribution in [0, 0.1) is 11.3 Å². The molecule has 0 saturated heterocycles. The molecule has 0 saturated carbocycles. The Kier molecular flexibility index (Phi) is 6.20. The average molecular weight is 441 g/mol. The van der Waals surface area contributed by atoms with E-state index in [9.17, 15) is 14.9 Å². The van der Waals surface area contributed by atoms with Crippen molar-refractivity contribution in [1.82, 2.24) is 5.32 Å². The summed E-state index contributed by atoms with van der Waals surface area (Å²) in [6.45, 7) is 7.74. The molecule has 2 unspecified atom stereocenters. The van der Waals surface area contributed by atoms with Gasteiger partial charge in [0.2, 0.25) is 0 Å². The van der Waals surface area contributed by atoms with E-state index in [1.807, 2.05) is 63.2 Å². The summed E-state index contributed by atoms with van der Waals surface area (Å²) in [5.41, 5.74) is 5.91. The molecule has 2 atom stereocenters. The molecular weight excluding hydrogens is 412 g/mol. The van der Waals surface area contributed by atoms with Gasteiger partial charge in [0.1, 0.15) is 6.10 Å². The maximum Gasteiger partial charge on any atom is 0.337 e. The second-order valence-electron chi connectivity index (χ2n) is 8.62. The molecule has 0 aromatic heterocycles. The molecule has 0 fully saturated rings. The zero-order valence-corrected chi connectivity index (χ0v) is 19.5. The third kappa shape index (κ3) is 3.76. The van der Waals surface area contributed by atoms with Gasteiger partial charge in [0, 0.05) is 22.5 Å². The zero-order valence-electron chi connectivity index (χ0n) is 19.5. The van der Waals surface area contributed by atoms with Crippen molar-refractivity contribution in [3.05, 3.63) is 81.7 Å². The summed E-state index contributed by atoms with van der Waals surface area (Å²) < 4.78 is 5.90. The van der Waals surface area contributed by atoms with Gasteiger partial charge in [-0.05, 0) is 43.4 Å². The van der Waals surface area contributed by atoms with Crippen LogP contribution in [0.3, 0.4) is 0 Å². The number of benzene rings is 2. The highest BCUT2D eigenvalue weighted by Crippen LogP contribution is 2.47. The van der Waals surface area contributed by atoms with E-state index in [-0.39, 0.29) is 11.9 Å². The Balaban J connectivity index is 1.90. The highest BCUT2D eigenvalue weighted by molar-refractivity contribution is 6.22. The van der Waals surface area contributed by atoms with Crippen molar-refractivity contribution in [2.75, 3.05) is 0 Å². The van der Waals surface area contributed by atoms with E-state index in [1.54, 1.807) is 0 Å². The number of nitrogens with one attached hydrogen (secondary N) is 1. The van der Waals surface area contributed by atoms with Crippen LogP contribution >= 0.6 is 0 Å². The maximum atomic E-state index is 13.5. The lowest BCUT2D eigenvalue weighted by molar-refractivity contribution is -0.145. The normalized spacial score (nSPS) is 17.8. The van der Waals surface area contributed by atoms with Crippen LogP contribution in [0.2, 0.25) is 0 Å². The first-order chi connectivity index (χ1) is 15.9. The second-order valence-corrected chi connectivity index (χ2v) is 8.62. The number of rotatable bonds is 6. The Morgan fingerprint density at radius 1 is 1.06 bits per heavy atom. The molecule has 1 N–H and O–H groups in total. The summed E-state index contributed by atoms with van der Waals surface area (Å²) in [5, 5.41) is 13.3. The van der Waals surface area contributed by atoms with Gasteiger partial charge < -0.3 is 10.1 Å². The predicted molar refractivity (Wildman–Crippen MR) is 127 cm³/mol. The highest BCUT2D eigenvalue weighted by Gasteiger charge is 2.39. The van der Waals surface area contributed by atoms with Crippen molar-refractivity contribution < 1.29 is 14.3 Å².